The third kappa shape index (κ3) is 3.43. The molecule has 1 aliphatic rings. The maximum absolute atomic E-state index is 5.81. The highest BCUT2D eigenvalue weighted by atomic mass is 32.1. The first-order valence-electron chi connectivity index (χ1n) is 7.50. The fourth-order valence-electron chi connectivity index (χ4n) is 2.82. The predicted molar refractivity (Wildman–Crippen MR) is 94.1 cm³/mol. The van der Waals surface area contributed by atoms with E-state index < -0.39 is 0 Å². The molecule has 1 aromatic heterocycles. The molecule has 1 saturated heterocycles. The van der Waals surface area contributed by atoms with Crippen molar-refractivity contribution < 1.29 is 0 Å². The molecule has 2 aromatic rings. The topological polar surface area (TPSA) is 45.4 Å². The van der Waals surface area contributed by atoms with E-state index in [4.69, 9.17) is 18.0 Å². The quantitative estimate of drug-likeness (QED) is 0.875. The van der Waals surface area contributed by atoms with Gasteiger partial charge in [-0.15, -0.1) is 0 Å². The van der Waals surface area contributed by atoms with Crippen molar-refractivity contribution in [2.75, 3.05) is 31.1 Å². The van der Waals surface area contributed by atoms with Gasteiger partial charge in [0, 0.05) is 44.5 Å². The molecule has 0 aliphatic carbocycles. The van der Waals surface area contributed by atoms with Gasteiger partial charge in [-0.05, 0) is 17.7 Å². The van der Waals surface area contributed by atoms with Gasteiger partial charge in [-0.25, -0.2) is 4.98 Å². The summed E-state index contributed by atoms with van der Waals surface area (Å²) in [5, 5.41) is 0. The molecule has 1 aliphatic heterocycles. The summed E-state index contributed by atoms with van der Waals surface area (Å²) in [6, 6.07) is 14.2. The number of rotatable bonds is 4. The second kappa shape index (κ2) is 6.85. The standard InChI is InChI=1S/C17H20N4S/c18-17(22)15-6-2-1-5-14(15)13-20-9-11-21(12-10-20)16-7-3-4-8-19-16/h1-8H,9-13H2,(H2,18,22). The van der Waals surface area contributed by atoms with E-state index in [0.29, 0.717) is 4.99 Å². The van der Waals surface area contributed by atoms with Gasteiger partial charge in [0.2, 0.25) is 0 Å². The number of pyridine rings is 1. The van der Waals surface area contributed by atoms with E-state index >= 15 is 0 Å². The number of anilines is 1. The van der Waals surface area contributed by atoms with Crippen LogP contribution in [0.2, 0.25) is 0 Å². The van der Waals surface area contributed by atoms with Gasteiger partial charge in [0.05, 0.1) is 0 Å². The third-order valence-electron chi connectivity index (χ3n) is 4.02. The molecule has 1 aromatic carbocycles. The SMILES string of the molecule is NC(=S)c1ccccc1CN1CCN(c2ccccn2)CC1. The van der Waals surface area contributed by atoms with Crippen LogP contribution in [0, 0.1) is 0 Å². The lowest BCUT2D eigenvalue weighted by molar-refractivity contribution is 0.249. The zero-order valence-electron chi connectivity index (χ0n) is 12.5. The average molecular weight is 312 g/mol. The molecular formula is C17H20N4S. The highest BCUT2D eigenvalue weighted by molar-refractivity contribution is 7.80. The van der Waals surface area contributed by atoms with E-state index in [1.54, 1.807) is 0 Å². The highest BCUT2D eigenvalue weighted by Crippen LogP contribution is 2.16. The van der Waals surface area contributed by atoms with Crippen LogP contribution in [0.3, 0.4) is 0 Å². The lowest BCUT2D eigenvalue weighted by atomic mass is 10.1. The number of aromatic nitrogens is 1. The van der Waals surface area contributed by atoms with Crippen LogP contribution in [-0.2, 0) is 6.54 Å². The summed E-state index contributed by atoms with van der Waals surface area (Å²) >= 11 is 5.14. The number of piperazine rings is 1. The van der Waals surface area contributed by atoms with Crippen LogP contribution < -0.4 is 10.6 Å². The molecule has 0 saturated carbocycles. The van der Waals surface area contributed by atoms with Crippen LogP contribution in [-0.4, -0.2) is 41.1 Å². The Morgan fingerprint density at radius 1 is 1.05 bits per heavy atom. The van der Waals surface area contributed by atoms with Crippen LogP contribution in [0.1, 0.15) is 11.1 Å². The number of benzene rings is 1. The van der Waals surface area contributed by atoms with E-state index in [-0.39, 0.29) is 0 Å². The second-order valence-corrected chi connectivity index (χ2v) is 5.91. The molecule has 0 bridgehead atoms. The second-order valence-electron chi connectivity index (χ2n) is 5.47. The molecule has 3 rings (SSSR count). The molecular weight excluding hydrogens is 292 g/mol. The summed E-state index contributed by atoms with van der Waals surface area (Å²) in [6.45, 7) is 4.91. The van der Waals surface area contributed by atoms with Gasteiger partial charge in [0.15, 0.2) is 0 Å². The third-order valence-corrected chi connectivity index (χ3v) is 4.24. The Morgan fingerprint density at radius 3 is 2.45 bits per heavy atom. The average Bonchev–Trinajstić information content (AvgIpc) is 2.57. The van der Waals surface area contributed by atoms with Crippen LogP contribution in [0.4, 0.5) is 5.82 Å². The fraction of sp³-hybridized carbons (Fsp3) is 0.294. The summed E-state index contributed by atoms with van der Waals surface area (Å²) in [5.41, 5.74) is 8.01. The molecule has 0 unspecified atom stereocenters. The van der Waals surface area contributed by atoms with Gasteiger partial charge in [0.25, 0.3) is 0 Å². The first-order chi connectivity index (χ1) is 10.7. The number of hydrogen-bond donors (Lipinski definition) is 1. The predicted octanol–water partition coefficient (Wildman–Crippen LogP) is 2.04. The van der Waals surface area contributed by atoms with Crippen molar-refractivity contribution in [3.63, 3.8) is 0 Å². The number of nitrogens with zero attached hydrogens (tertiary/aromatic N) is 3. The van der Waals surface area contributed by atoms with E-state index in [1.165, 1.54) is 5.56 Å². The largest absolute Gasteiger partial charge is 0.389 e. The smallest absolute Gasteiger partial charge is 0.128 e. The minimum absolute atomic E-state index is 0.475. The molecule has 0 amide bonds. The summed E-state index contributed by atoms with van der Waals surface area (Å²) in [5.74, 6) is 1.06. The Kier molecular flexibility index (Phi) is 4.65. The molecule has 4 nitrogen and oxygen atoms in total. The van der Waals surface area contributed by atoms with Crippen molar-refractivity contribution in [1.82, 2.24) is 9.88 Å². The zero-order chi connectivity index (χ0) is 15.4. The normalized spacial score (nSPS) is 15.7. The fourth-order valence-corrected chi connectivity index (χ4v) is 3.01. The van der Waals surface area contributed by atoms with E-state index in [1.807, 2.05) is 36.5 Å². The molecule has 1 fully saturated rings. The maximum Gasteiger partial charge on any atom is 0.128 e. The van der Waals surface area contributed by atoms with Crippen LogP contribution in [0.5, 0.6) is 0 Å². The van der Waals surface area contributed by atoms with Gasteiger partial charge in [-0.2, -0.15) is 0 Å². The lowest BCUT2D eigenvalue weighted by Gasteiger charge is -2.35. The van der Waals surface area contributed by atoms with Gasteiger partial charge in [0.1, 0.15) is 10.8 Å². The van der Waals surface area contributed by atoms with Crippen LogP contribution in [0.25, 0.3) is 0 Å². The minimum Gasteiger partial charge on any atom is -0.389 e. The minimum atomic E-state index is 0.475. The number of thiocarbonyl (C=S) groups is 1. The van der Waals surface area contributed by atoms with Crippen molar-refractivity contribution in [2.24, 2.45) is 5.73 Å². The molecule has 5 heteroatoms. The maximum atomic E-state index is 5.81. The Morgan fingerprint density at radius 2 is 1.77 bits per heavy atom. The van der Waals surface area contributed by atoms with Gasteiger partial charge in [-0.1, -0.05) is 42.5 Å². The van der Waals surface area contributed by atoms with E-state index in [9.17, 15) is 0 Å². The van der Waals surface area contributed by atoms with Gasteiger partial charge >= 0.3 is 0 Å². The van der Waals surface area contributed by atoms with Crippen molar-refractivity contribution in [1.29, 1.82) is 0 Å². The molecule has 0 atom stereocenters. The van der Waals surface area contributed by atoms with E-state index in [0.717, 1.165) is 44.1 Å². The highest BCUT2D eigenvalue weighted by Gasteiger charge is 2.18. The lowest BCUT2D eigenvalue weighted by Crippen LogP contribution is -2.46. The summed E-state index contributed by atoms with van der Waals surface area (Å²) < 4.78 is 0. The molecule has 22 heavy (non-hydrogen) atoms. The van der Waals surface area contributed by atoms with Gasteiger partial charge < -0.3 is 10.6 Å². The molecule has 2 N–H and O–H groups in total. The number of hydrogen-bond acceptors (Lipinski definition) is 4. The van der Waals surface area contributed by atoms with Gasteiger partial charge in [-0.3, -0.25) is 4.90 Å². The Hall–Kier alpha value is -1.98. The number of nitrogens with two attached hydrogens (primary N) is 1. The Balaban J connectivity index is 1.62. The van der Waals surface area contributed by atoms with E-state index in [2.05, 4.69) is 26.9 Å². The molecule has 114 valence electrons. The summed E-state index contributed by atoms with van der Waals surface area (Å²) in [6.07, 6.45) is 1.85. The summed E-state index contributed by atoms with van der Waals surface area (Å²) in [4.78, 5) is 9.67. The summed E-state index contributed by atoms with van der Waals surface area (Å²) in [7, 11) is 0. The molecule has 2 heterocycles. The molecule has 0 spiro atoms. The Labute approximate surface area is 136 Å². The molecule has 0 radical (unpaired) electrons. The van der Waals surface area contributed by atoms with Crippen molar-refractivity contribution in [2.45, 2.75) is 6.54 Å². The first kappa shape index (κ1) is 14.9. The van der Waals surface area contributed by atoms with Crippen molar-refractivity contribution >= 4 is 23.0 Å². The first-order valence-corrected chi connectivity index (χ1v) is 7.91. The van der Waals surface area contributed by atoms with Crippen molar-refractivity contribution in [3.8, 4) is 0 Å². The van der Waals surface area contributed by atoms with Crippen molar-refractivity contribution in [3.05, 3.63) is 59.8 Å². The monoisotopic (exact) mass is 312 g/mol. The van der Waals surface area contributed by atoms with Crippen LogP contribution in [0.15, 0.2) is 48.7 Å². The zero-order valence-corrected chi connectivity index (χ0v) is 13.3. The Bertz CT molecular complexity index is 636. The van der Waals surface area contributed by atoms with Crippen LogP contribution >= 0.6 is 12.2 Å².